The van der Waals surface area contributed by atoms with Crippen LogP contribution in [-0.2, 0) is 19.3 Å². The lowest BCUT2D eigenvalue weighted by Gasteiger charge is -2.42. The molecule has 1 rings (SSSR count). The van der Waals surface area contributed by atoms with Crippen molar-refractivity contribution in [2.75, 3.05) is 6.61 Å². The fraction of sp³-hybridized carbons (Fsp3) is 0.875. The maximum Gasteiger partial charge on any atom is 0.350 e. The summed E-state index contributed by atoms with van der Waals surface area (Å²) in [4.78, 5) is 18.6. The lowest BCUT2D eigenvalue weighted by Crippen LogP contribution is -2.66. The first kappa shape index (κ1) is 14.3. The second-order valence-electron chi connectivity index (χ2n) is 3.55. The minimum Gasteiger partial charge on any atom is -0.394 e. The molecular weight excluding hydrogens is 240 g/mol. The van der Waals surface area contributed by atoms with Gasteiger partial charge < -0.3 is 30.3 Å². The highest BCUT2D eigenvalue weighted by atomic mass is 17.3. The third-order valence-corrected chi connectivity index (χ3v) is 2.21. The molecule has 0 spiro atoms. The van der Waals surface area contributed by atoms with Gasteiger partial charge in [0.2, 0.25) is 0 Å². The van der Waals surface area contributed by atoms with Gasteiger partial charge in [-0.05, 0) is 0 Å². The van der Waals surface area contributed by atoms with Crippen LogP contribution in [0.3, 0.4) is 0 Å². The van der Waals surface area contributed by atoms with Crippen molar-refractivity contribution in [1.29, 1.82) is 0 Å². The van der Waals surface area contributed by atoms with E-state index in [4.69, 9.17) is 5.11 Å². The zero-order valence-electron chi connectivity index (χ0n) is 8.89. The molecule has 5 atom stereocenters. The molecule has 1 aliphatic rings. The van der Waals surface area contributed by atoms with Gasteiger partial charge in [0.05, 0.1) is 6.61 Å². The van der Waals surface area contributed by atoms with E-state index in [9.17, 15) is 25.2 Å². The van der Waals surface area contributed by atoms with E-state index in [0.29, 0.717) is 0 Å². The van der Waals surface area contributed by atoms with E-state index in [2.05, 4.69) is 14.5 Å². The van der Waals surface area contributed by atoms with Gasteiger partial charge in [-0.2, -0.15) is 0 Å². The average Bonchev–Trinajstić information content (AvgIpc) is 2.29. The van der Waals surface area contributed by atoms with Crippen LogP contribution in [0.15, 0.2) is 0 Å². The van der Waals surface area contributed by atoms with Gasteiger partial charge in [-0.25, -0.2) is 4.79 Å². The Balaban J connectivity index is 2.79. The van der Waals surface area contributed by atoms with E-state index in [1.807, 2.05) is 0 Å². The Kier molecular flexibility index (Phi) is 4.38. The maximum atomic E-state index is 10.5. The van der Waals surface area contributed by atoms with Crippen LogP contribution in [0.1, 0.15) is 6.92 Å². The van der Waals surface area contributed by atoms with E-state index in [-0.39, 0.29) is 0 Å². The molecule has 1 saturated heterocycles. The third kappa shape index (κ3) is 2.90. The zero-order valence-corrected chi connectivity index (χ0v) is 8.89. The summed E-state index contributed by atoms with van der Waals surface area (Å²) in [5.74, 6) is -3.80. The fourth-order valence-corrected chi connectivity index (χ4v) is 1.31. The Morgan fingerprint density at radius 1 is 1.35 bits per heavy atom. The molecule has 0 aromatic heterocycles. The highest BCUT2D eigenvalue weighted by Crippen LogP contribution is 2.29. The molecule has 9 nitrogen and oxygen atoms in total. The Hall–Kier alpha value is -0.810. The maximum absolute atomic E-state index is 10.5. The van der Waals surface area contributed by atoms with Crippen molar-refractivity contribution in [3.8, 4) is 0 Å². The van der Waals surface area contributed by atoms with Gasteiger partial charge in [0, 0.05) is 6.92 Å². The van der Waals surface area contributed by atoms with Gasteiger partial charge in [-0.3, -0.25) is 4.89 Å². The molecule has 0 unspecified atom stereocenters. The molecule has 0 radical (unpaired) electrons. The highest BCUT2D eigenvalue weighted by Gasteiger charge is 2.55. The molecule has 1 heterocycles. The van der Waals surface area contributed by atoms with Crippen LogP contribution in [0.5, 0.6) is 0 Å². The van der Waals surface area contributed by atoms with E-state index in [0.717, 1.165) is 6.92 Å². The molecule has 0 saturated carbocycles. The molecule has 0 aromatic rings. The first-order valence-electron chi connectivity index (χ1n) is 4.73. The van der Waals surface area contributed by atoms with E-state index in [1.165, 1.54) is 0 Å². The minimum atomic E-state index is -2.86. The van der Waals surface area contributed by atoms with Crippen molar-refractivity contribution in [3.63, 3.8) is 0 Å². The lowest BCUT2D eigenvalue weighted by molar-refractivity contribution is -0.528. The molecule has 100 valence electrons. The van der Waals surface area contributed by atoms with Crippen LogP contribution in [0.2, 0.25) is 0 Å². The number of carbonyl (C=O) groups excluding carboxylic acids is 1. The Labute approximate surface area is 95.7 Å². The van der Waals surface area contributed by atoms with Gasteiger partial charge >= 0.3 is 11.9 Å². The number of ether oxygens (including phenoxy) is 1. The van der Waals surface area contributed by atoms with Gasteiger partial charge in [-0.1, -0.05) is 0 Å². The summed E-state index contributed by atoms with van der Waals surface area (Å²) in [5, 5.41) is 46.6. The molecule has 17 heavy (non-hydrogen) atoms. The number of aliphatic hydroxyl groups excluding tert-OH is 4. The first-order chi connectivity index (χ1) is 7.81. The molecule has 1 fully saturated rings. The van der Waals surface area contributed by atoms with Crippen molar-refractivity contribution in [3.05, 3.63) is 0 Å². The smallest absolute Gasteiger partial charge is 0.350 e. The first-order valence-corrected chi connectivity index (χ1v) is 4.73. The van der Waals surface area contributed by atoms with Crippen molar-refractivity contribution < 1.29 is 44.8 Å². The predicted octanol–water partition coefficient (Wildman–Crippen LogP) is -3.40. The highest BCUT2D eigenvalue weighted by molar-refractivity contribution is 5.65. The SMILES string of the molecule is CC(=O)OO[C@@]1(O)O[C@H](CO)[C@H](O)[C@H](O)[C@H]1O. The van der Waals surface area contributed by atoms with Gasteiger partial charge in [-0.15, -0.1) is 4.89 Å². The second kappa shape index (κ2) is 5.23. The summed E-state index contributed by atoms with van der Waals surface area (Å²) in [7, 11) is 0. The fourth-order valence-electron chi connectivity index (χ4n) is 1.31. The third-order valence-electron chi connectivity index (χ3n) is 2.21. The number of aliphatic hydroxyl groups is 5. The largest absolute Gasteiger partial charge is 0.394 e. The van der Waals surface area contributed by atoms with E-state index >= 15 is 0 Å². The van der Waals surface area contributed by atoms with Gasteiger partial charge in [0.25, 0.3) is 0 Å². The van der Waals surface area contributed by atoms with Crippen LogP contribution < -0.4 is 0 Å². The van der Waals surface area contributed by atoms with Crippen molar-refractivity contribution in [2.24, 2.45) is 0 Å². The number of rotatable bonds is 3. The number of hydrogen-bond donors (Lipinski definition) is 5. The van der Waals surface area contributed by atoms with Crippen LogP contribution >= 0.6 is 0 Å². The normalized spacial score (nSPS) is 42.2. The van der Waals surface area contributed by atoms with Gasteiger partial charge in [0.1, 0.15) is 18.3 Å². The Morgan fingerprint density at radius 3 is 2.41 bits per heavy atom. The monoisotopic (exact) mass is 254 g/mol. The van der Waals surface area contributed by atoms with Crippen molar-refractivity contribution in [1.82, 2.24) is 0 Å². The summed E-state index contributed by atoms with van der Waals surface area (Å²) in [6.07, 6.45) is -6.97. The molecule has 0 aliphatic carbocycles. The summed E-state index contributed by atoms with van der Waals surface area (Å²) in [6, 6.07) is 0. The Bertz CT molecular complexity index is 280. The molecule has 0 bridgehead atoms. The lowest BCUT2D eigenvalue weighted by atomic mass is 9.98. The molecule has 1 aliphatic heterocycles. The molecule has 5 N–H and O–H groups in total. The van der Waals surface area contributed by atoms with Gasteiger partial charge in [0.15, 0.2) is 6.10 Å². The second-order valence-corrected chi connectivity index (χ2v) is 3.55. The van der Waals surface area contributed by atoms with E-state index in [1.54, 1.807) is 0 Å². The molecule has 0 amide bonds. The molecular formula is C8H14O9. The Morgan fingerprint density at radius 2 is 1.94 bits per heavy atom. The summed E-state index contributed by atoms with van der Waals surface area (Å²) in [5.41, 5.74) is 0. The molecule has 0 aromatic carbocycles. The number of hydrogen-bond acceptors (Lipinski definition) is 9. The van der Waals surface area contributed by atoms with Crippen LogP contribution in [-0.4, -0.2) is 68.5 Å². The average molecular weight is 254 g/mol. The van der Waals surface area contributed by atoms with Crippen molar-refractivity contribution >= 4 is 5.97 Å². The van der Waals surface area contributed by atoms with Crippen LogP contribution in [0, 0.1) is 0 Å². The summed E-state index contributed by atoms with van der Waals surface area (Å²) >= 11 is 0. The molecule has 9 heteroatoms. The number of carbonyl (C=O) groups is 1. The zero-order chi connectivity index (χ0) is 13.2. The summed E-state index contributed by atoms with van der Waals surface area (Å²) < 4.78 is 4.61. The minimum absolute atomic E-state index is 0.753. The van der Waals surface area contributed by atoms with Crippen molar-refractivity contribution in [2.45, 2.75) is 37.3 Å². The topological polar surface area (TPSA) is 146 Å². The quantitative estimate of drug-likeness (QED) is 0.197. The summed E-state index contributed by atoms with van der Waals surface area (Å²) in [6.45, 7) is 0.212. The standard InChI is InChI=1S/C8H14O9/c1-3(10)16-17-8(14)7(13)6(12)5(11)4(2-9)15-8/h4-7,9,11-14H,2H2,1H3/t4-,5+,6+,7-,8+/m1/s1. The van der Waals surface area contributed by atoms with Crippen LogP contribution in [0.4, 0.5) is 0 Å². The van der Waals surface area contributed by atoms with Crippen LogP contribution in [0.25, 0.3) is 0 Å². The predicted molar refractivity (Wildman–Crippen MR) is 47.8 cm³/mol. The van der Waals surface area contributed by atoms with E-state index < -0.39 is 43.0 Å².